The average molecular weight is 275 g/mol. The molecule has 20 heavy (non-hydrogen) atoms. The van der Waals surface area contributed by atoms with Crippen molar-refractivity contribution >= 4 is 11.8 Å². The third kappa shape index (κ3) is 4.15. The maximum absolute atomic E-state index is 8.75. The number of nitrogens with zero attached hydrogens (tertiary/aromatic N) is 3. The Bertz CT molecular complexity index is 536. The predicted molar refractivity (Wildman–Crippen MR) is 74.9 cm³/mol. The molecule has 0 unspecified atom stereocenters. The van der Waals surface area contributed by atoms with E-state index in [-0.39, 0.29) is 6.61 Å². The lowest BCUT2D eigenvalue weighted by Gasteiger charge is -2.09. The van der Waals surface area contributed by atoms with E-state index in [1.807, 2.05) is 18.2 Å². The van der Waals surface area contributed by atoms with Gasteiger partial charge in [-0.1, -0.05) is 6.07 Å². The third-order valence-electron chi connectivity index (χ3n) is 2.46. The lowest BCUT2D eigenvalue weighted by atomic mass is 10.4. The number of aromatic nitrogens is 3. The van der Waals surface area contributed by atoms with Crippen LogP contribution in [0.25, 0.3) is 0 Å². The van der Waals surface area contributed by atoms with Gasteiger partial charge in [-0.15, -0.1) is 0 Å². The third-order valence-corrected chi connectivity index (χ3v) is 2.46. The maximum atomic E-state index is 8.75. The van der Waals surface area contributed by atoms with E-state index in [4.69, 9.17) is 9.84 Å². The molecule has 0 fully saturated rings. The van der Waals surface area contributed by atoms with Crippen LogP contribution in [0.5, 0.6) is 5.88 Å². The molecule has 0 saturated heterocycles. The maximum Gasteiger partial charge on any atom is 0.231 e. The number of hydrogen-bond donors (Lipinski definition) is 3. The van der Waals surface area contributed by atoms with E-state index in [9.17, 15) is 0 Å². The molecule has 2 aromatic rings. The number of pyridine rings is 1. The van der Waals surface area contributed by atoms with Gasteiger partial charge in [-0.25, -0.2) is 9.97 Å². The summed E-state index contributed by atoms with van der Waals surface area (Å²) in [5, 5.41) is 14.8. The molecule has 0 bridgehead atoms. The quantitative estimate of drug-likeness (QED) is 0.641. The molecule has 7 nitrogen and oxygen atoms in total. The molecule has 0 aliphatic heterocycles. The molecule has 7 heteroatoms. The van der Waals surface area contributed by atoms with Gasteiger partial charge in [-0.3, -0.25) is 0 Å². The SMILES string of the molecule is COc1cc(CNCCO)nc(Nc2ccccn2)n1. The van der Waals surface area contributed by atoms with Crippen molar-refractivity contribution in [1.82, 2.24) is 20.3 Å². The van der Waals surface area contributed by atoms with Crippen molar-refractivity contribution in [1.29, 1.82) is 0 Å². The van der Waals surface area contributed by atoms with Gasteiger partial charge in [0.05, 0.1) is 19.4 Å². The summed E-state index contributed by atoms with van der Waals surface area (Å²) in [7, 11) is 1.55. The van der Waals surface area contributed by atoms with Crippen molar-refractivity contribution in [3.63, 3.8) is 0 Å². The average Bonchev–Trinajstić information content (AvgIpc) is 2.48. The van der Waals surface area contributed by atoms with E-state index in [0.717, 1.165) is 5.69 Å². The molecule has 0 amide bonds. The Morgan fingerprint density at radius 3 is 2.90 bits per heavy atom. The van der Waals surface area contributed by atoms with Crippen LogP contribution in [0.2, 0.25) is 0 Å². The van der Waals surface area contributed by atoms with Crippen LogP contribution in [0.1, 0.15) is 5.69 Å². The molecule has 2 heterocycles. The number of hydrogen-bond acceptors (Lipinski definition) is 7. The summed E-state index contributed by atoms with van der Waals surface area (Å²) in [5.41, 5.74) is 0.767. The fourth-order valence-corrected chi connectivity index (χ4v) is 1.57. The molecule has 2 rings (SSSR count). The highest BCUT2D eigenvalue weighted by molar-refractivity contribution is 5.47. The number of anilines is 2. The second kappa shape index (κ2) is 7.37. The molecule has 2 aromatic heterocycles. The Hall–Kier alpha value is -2.25. The molecule has 3 N–H and O–H groups in total. The molecule has 0 atom stereocenters. The van der Waals surface area contributed by atoms with Gasteiger partial charge in [0.25, 0.3) is 0 Å². The monoisotopic (exact) mass is 275 g/mol. The first kappa shape index (κ1) is 14.2. The second-order valence-electron chi connectivity index (χ2n) is 3.97. The van der Waals surface area contributed by atoms with Crippen molar-refractivity contribution in [2.45, 2.75) is 6.54 Å². The highest BCUT2D eigenvalue weighted by Gasteiger charge is 2.05. The largest absolute Gasteiger partial charge is 0.481 e. The van der Waals surface area contributed by atoms with Gasteiger partial charge in [0.1, 0.15) is 5.82 Å². The van der Waals surface area contributed by atoms with Crippen molar-refractivity contribution in [3.8, 4) is 5.88 Å². The highest BCUT2D eigenvalue weighted by atomic mass is 16.5. The number of aliphatic hydroxyl groups is 1. The molecule has 0 aliphatic carbocycles. The summed E-state index contributed by atoms with van der Waals surface area (Å²) in [5.74, 6) is 1.55. The van der Waals surface area contributed by atoms with E-state index in [1.54, 1.807) is 19.4 Å². The van der Waals surface area contributed by atoms with E-state index >= 15 is 0 Å². The minimum Gasteiger partial charge on any atom is -0.481 e. The topological polar surface area (TPSA) is 92.2 Å². The first-order valence-corrected chi connectivity index (χ1v) is 6.23. The zero-order chi connectivity index (χ0) is 14.2. The van der Waals surface area contributed by atoms with E-state index in [0.29, 0.717) is 30.7 Å². The van der Waals surface area contributed by atoms with Crippen molar-refractivity contribution in [3.05, 3.63) is 36.2 Å². The summed E-state index contributed by atoms with van der Waals surface area (Å²) in [4.78, 5) is 12.7. The molecule has 0 aromatic carbocycles. The molecule has 0 radical (unpaired) electrons. The van der Waals surface area contributed by atoms with Gasteiger partial charge in [-0.05, 0) is 12.1 Å². The number of aliphatic hydroxyl groups excluding tert-OH is 1. The Morgan fingerprint density at radius 2 is 2.20 bits per heavy atom. The van der Waals surface area contributed by atoms with Crippen LogP contribution in [-0.2, 0) is 6.54 Å². The fraction of sp³-hybridized carbons (Fsp3) is 0.308. The minimum absolute atomic E-state index is 0.0846. The van der Waals surface area contributed by atoms with Gasteiger partial charge in [0.15, 0.2) is 0 Å². The zero-order valence-electron chi connectivity index (χ0n) is 11.2. The Kier molecular flexibility index (Phi) is 5.22. The van der Waals surface area contributed by atoms with Crippen LogP contribution in [0.3, 0.4) is 0 Å². The Labute approximate surface area is 117 Å². The highest BCUT2D eigenvalue weighted by Crippen LogP contribution is 2.15. The van der Waals surface area contributed by atoms with Crippen molar-refractivity contribution in [2.24, 2.45) is 0 Å². The number of methoxy groups -OCH3 is 1. The number of rotatable bonds is 7. The van der Waals surface area contributed by atoms with Gasteiger partial charge in [0.2, 0.25) is 11.8 Å². The van der Waals surface area contributed by atoms with E-state index in [2.05, 4.69) is 25.6 Å². The summed E-state index contributed by atoms with van der Waals surface area (Å²) >= 11 is 0. The van der Waals surface area contributed by atoms with Gasteiger partial charge >= 0.3 is 0 Å². The smallest absolute Gasteiger partial charge is 0.231 e. The van der Waals surface area contributed by atoms with Crippen LogP contribution in [0, 0.1) is 0 Å². The number of nitrogens with one attached hydrogen (secondary N) is 2. The zero-order valence-corrected chi connectivity index (χ0v) is 11.2. The Balaban J connectivity index is 2.13. The lowest BCUT2D eigenvalue weighted by Crippen LogP contribution is -2.18. The van der Waals surface area contributed by atoms with E-state index in [1.165, 1.54) is 0 Å². The van der Waals surface area contributed by atoms with Crippen molar-refractivity contribution in [2.75, 3.05) is 25.6 Å². The second-order valence-corrected chi connectivity index (χ2v) is 3.97. The van der Waals surface area contributed by atoms with Crippen LogP contribution in [0.4, 0.5) is 11.8 Å². The number of ether oxygens (including phenoxy) is 1. The molecule has 106 valence electrons. The standard InChI is InChI=1S/C13H17N5O2/c1-20-12-8-10(9-14-6-7-19)16-13(18-12)17-11-4-2-3-5-15-11/h2-5,8,14,19H,6-7,9H2,1H3,(H,15,16,17,18). The minimum atomic E-state index is 0.0846. The summed E-state index contributed by atoms with van der Waals surface area (Å²) in [6.45, 7) is 1.12. The van der Waals surface area contributed by atoms with Crippen LogP contribution < -0.4 is 15.4 Å². The fourth-order valence-electron chi connectivity index (χ4n) is 1.57. The molecular weight excluding hydrogens is 258 g/mol. The Morgan fingerprint density at radius 1 is 1.30 bits per heavy atom. The lowest BCUT2D eigenvalue weighted by molar-refractivity contribution is 0.291. The molecule has 0 saturated carbocycles. The normalized spacial score (nSPS) is 10.3. The molecule has 0 spiro atoms. The predicted octanol–water partition coefficient (Wildman–Crippen LogP) is 0.706. The van der Waals surface area contributed by atoms with Crippen LogP contribution in [0.15, 0.2) is 30.5 Å². The first-order valence-electron chi connectivity index (χ1n) is 6.23. The summed E-state index contributed by atoms with van der Waals surface area (Å²) in [6, 6.07) is 7.28. The summed E-state index contributed by atoms with van der Waals surface area (Å²) < 4.78 is 5.15. The van der Waals surface area contributed by atoms with E-state index < -0.39 is 0 Å². The van der Waals surface area contributed by atoms with Crippen LogP contribution in [-0.4, -0.2) is 40.3 Å². The molecule has 0 aliphatic rings. The van der Waals surface area contributed by atoms with Crippen molar-refractivity contribution < 1.29 is 9.84 Å². The van der Waals surface area contributed by atoms with Gasteiger partial charge in [0, 0.05) is 25.4 Å². The summed E-state index contributed by atoms with van der Waals surface area (Å²) in [6.07, 6.45) is 1.69. The first-order chi connectivity index (χ1) is 9.81. The molecular formula is C13H17N5O2. The van der Waals surface area contributed by atoms with Gasteiger partial charge in [-0.2, -0.15) is 4.98 Å². The van der Waals surface area contributed by atoms with Gasteiger partial charge < -0.3 is 20.5 Å². The van der Waals surface area contributed by atoms with Crippen LogP contribution >= 0.6 is 0 Å².